The number of ether oxygens (including phenoxy) is 3. The van der Waals surface area contributed by atoms with E-state index < -0.39 is 27.8 Å². The smallest absolute Gasteiger partial charge is 0.306 e. The minimum atomic E-state index is -3.09. The zero-order chi connectivity index (χ0) is 20.9. The van der Waals surface area contributed by atoms with Crippen LogP contribution >= 0.6 is 0 Å². The number of carbonyl (C=O) groups excluding carboxylic acids is 2. The van der Waals surface area contributed by atoms with Crippen molar-refractivity contribution >= 4 is 21.7 Å². The first-order chi connectivity index (χ1) is 13.2. The molecule has 1 fully saturated rings. The van der Waals surface area contributed by atoms with Crippen LogP contribution in [0.3, 0.4) is 0 Å². The van der Waals surface area contributed by atoms with Gasteiger partial charge in [-0.15, -0.1) is 0 Å². The fourth-order valence-electron chi connectivity index (χ4n) is 3.14. The van der Waals surface area contributed by atoms with Gasteiger partial charge in [0.05, 0.1) is 25.7 Å². The molecule has 28 heavy (non-hydrogen) atoms. The molecule has 0 aliphatic carbocycles. The molecule has 1 aliphatic rings. The second-order valence-electron chi connectivity index (χ2n) is 6.83. The average Bonchev–Trinajstić information content (AvgIpc) is 3.04. The summed E-state index contributed by atoms with van der Waals surface area (Å²) >= 11 is 0. The number of carbonyl (C=O) groups is 2. The second-order valence-corrected chi connectivity index (χ2v) is 9.06. The molecule has 8 nitrogen and oxygen atoms in total. The first kappa shape index (κ1) is 22.0. The van der Waals surface area contributed by atoms with Crippen molar-refractivity contribution in [3.05, 3.63) is 23.8 Å². The molecule has 0 aromatic heterocycles. The highest BCUT2D eigenvalue weighted by Gasteiger charge is 2.34. The van der Waals surface area contributed by atoms with Gasteiger partial charge in [0.2, 0.25) is 0 Å². The first-order valence-corrected chi connectivity index (χ1v) is 10.9. The van der Waals surface area contributed by atoms with Gasteiger partial charge in [-0.2, -0.15) is 0 Å². The molecular formula is C19H27NO7S. The predicted molar refractivity (Wildman–Crippen MR) is 103 cm³/mol. The summed E-state index contributed by atoms with van der Waals surface area (Å²) in [6, 6.07) is 5.01. The van der Waals surface area contributed by atoms with Crippen molar-refractivity contribution in [2.45, 2.75) is 38.3 Å². The lowest BCUT2D eigenvalue weighted by Crippen LogP contribution is -2.44. The van der Waals surface area contributed by atoms with Crippen molar-refractivity contribution in [2.75, 3.05) is 32.8 Å². The standard InChI is InChI=1S/C19H27NO7S/c1-13(19(22)20(2)15-9-10-28(23,24)12-15)27-18(21)8-6-14-5-7-16(25-3)17(11-14)26-4/h5,7,11,13,15H,6,8-10,12H2,1-4H3/t13-,15+/m1/s1. The van der Waals surface area contributed by atoms with Gasteiger partial charge in [0.1, 0.15) is 0 Å². The summed E-state index contributed by atoms with van der Waals surface area (Å²) < 4.78 is 38.8. The van der Waals surface area contributed by atoms with Crippen molar-refractivity contribution in [3.8, 4) is 11.5 Å². The predicted octanol–water partition coefficient (Wildman–Crippen LogP) is 1.21. The van der Waals surface area contributed by atoms with Gasteiger partial charge in [0.15, 0.2) is 27.4 Å². The lowest BCUT2D eigenvalue weighted by Gasteiger charge is -2.26. The summed E-state index contributed by atoms with van der Waals surface area (Å²) in [6.07, 6.45) is -0.0260. The van der Waals surface area contributed by atoms with Crippen molar-refractivity contribution < 1.29 is 32.2 Å². The van der Waals surface area contributed by atoms with Crippen molar-refractivity contribution in [2.24, 2.45) is 0 Å². The van der Waals surface area contributed by atoms with Gasteiger partial charge in [-0.1, -0.05) is 6.07 Å². The molecule has 1 heterocycles. The molecule has 1 aromatic carbocycles. The lowest BCUT2D eigenvalue weighted by molar-refractivity contribution is -0.159. The van der Waals surface area contributed by atoms with Crippen LogP contribution in [0.15, 0.2) is 18.2 Å². The lowest BCUT2D eigenvalue weighted by atomic mass is 10.1. The Kier molecular flexibility index (Phi) is 7.29. The fourth-order valence-corrected chi connectivity index (χ4v) is 4.91. The molecule has 0 unspecified atom stereocenters. The van der Waals surface area contributed by atoms with Gasteiger partial charge in [-0.05, 0) is 37.5 Å². The highest BCUT2D eigenvalue weighted by molar-refractivity contribution is 7.91. The highest BCUT2D eigenvalue weighted by atomic mass is 32.2. The third-order valence-electron chi connectivity index (χ3n) is 4.83. The summed E-state index contributed by atoms with van der Waals surface area (Å²) in [4.78, 5) is 25.9. The minimum absolute atomic E-state index is 0.0464. The van der Waals surface area contributed by atoms with Crippen LogP contribution < -0.4 is 9.47 Å². The molecule has 1 saturated heterocycles. The number of rotatable bonds is 8. The number of amides is 1. The normalized spacial score (nSPS) is 18.9. The molecule has 0 radical (unpaired) electrons. The number of aryl methyl sites for hydroxylation is 1. The number of sulfone groups is 1. The molecule has 9 heteroatoms. The number of nitrogens with zero attached hydrogens (tertiary/aromatic N) is 1. The number of benzene rings is 1. The van der Waals surface area contributed by atoms with Gasteiger partial charge >= 0.3 is 5.97 Å². The number of likely N-dealkylation sites (N-methyl/N-ethyl adjacent to an activating group) is 1. The van der Waals surface area contributed by atoms with Gasteiger partial charge in [-0.3, -0.25) is 9.59 Å². The topological polar surface area (TPSA) is 99.2 Å². The molecule has 0 N–H and O–H groups in total. The van der Waals surface area contributed by atoms with Gasteiger partial charge in [0.25, 0.3) is 5.91 Å². The second kappa shape index (κ2) is 9.27. The minimum Gasteiger partial charge on any atom is -0.493 e. The molecule has 1 amide bonds. The molecule has 156 valence electrons. The van der Waals surface area contributed by atoms with E-state index in [0.29, 0.717) is 24.3 Å². The van der Waals surface area contributed by atoms with Crippen LogP contribution in [-0.4, -0.2) is 70.1 Å². The monoisotopic (exact) mass is 413 g/mol. The molecule has 2 atom stereocenters. The zero-order valence-electron chi connectivity index (χ0n) is 16.6. The SMILES string of the molecule is COc1ccc(CCC(=O)O[C@H](C)C(=O)N(C)[C@H]2CCS(=O)(=O)C2)cc1OC. The number of hydrogen-bond donors (Lipinski definition) is 0. The Hall–Kier alpha value is -2.29. The van der Waals surface area contributed by atoms with Crippen LogP contribution in [0, 0.1) is 0 Å². The summed E-state index contributed by atoms with van der Waals surface area (Å²) in [5, 5.41) is 0. The van der Waals surface area contributed by atoms with Crippen LogP contribution in [0.1, 0.15) is 25.3 Å². The Morgan fingerprint density at radius 3 is 2.46 bits per heavy atom. The summed E-state index contributed by atoms with van der Waals surface area (Å²) in [7, 11) is 1.53. The molecule has 1 aliphatic heterocycles. The molecule has 2 rings (SSSR count). The largest absolute Gasteiger partial charge is 0.493 e. The summed E-state index contributed by atoms with van der Waals surface area (Å²) in [5.41, 5.74) is 0.877. The Bertz CT molecular complexity index is 822. The Morgan fingerprint density at radius 1 is 1.21 bits per heavy atom. The number of esters is 1. The van der Waals surface area contributed by atoms with E-state index in [2.05, 4.69) is 0 Å². The van der Waals surface area contributed by atoms with Crippen LogP contribution in [-0.2, 0) is 30.6 Å². The Morgan fingerprint density at radius 2 is 1.89 bits per heavy atom. The molecule has 0 bridgehead atoms. The maximum absolute atomic E-state index is 12.4. The van der Waals surface area contributed by atoms with Gasteiger partial charge in [0, 0.05) is 19.5 Å². The average molecular weight is 413 g/mol. The number of methoxy groups -OCH3 is 2. The van der Waals surface area contributed by atoms with Crippen molar-refractivity contribution in [1.82, 2.24) is 4.90 Å². The number of hydrogen-bond acceptors (Lipinski definition) is 7. The van der Waals surface area contributed by atoms with E-state index in [-0.39, 0.29) is 24.0 Å². The van der Waals surface area contributed by atoms with E-state index in [9.17, 15) is 18.0 Å². The summed E-state index contributed by atoms with van der Waals surface area (Å²) in [5.74, 6) is 0.309. The van der Waals surface area contributed by atoms with Crippen LogP contribution in [0.2, 0.25) is 0 Å². The van der Waals surface area contributed by atoms with E-state index >= 15 is 0 Å². The van der Waals surface area contributed by atoms with Crippen LogP contribution in [0.4, 0.5) is 0 Å². The van der Waals surface area contributed by atoms with Crippen molar-refractivity contribution in [1.29, 1.82) is 0 Å². The van der Waals surface area contributed by atoms with Crippen molar-refractivity contribution in [3.63, 3.8) is 0 Å². The third-order valence-corrected chi connectivity index (χ3v) is 6.58. The maximum Gasteiger partial charge on any atom is 0.306 e. The molecule has 1 aromatic rings. The van der Waals surface area contributed by atoms with Gasteiger partial charge < -0.3 is 19.1 Å². The molecular weight excluding hydrogens is 386 g/mol. The molecule has 0 saturated carbocycles. The Balaban J connectivity index is 1.86. The summed E-state index contributed by atoms with van der Waals surface area (Å²) in [6.45, 7) is 1.50. The highest BCUT2D eigenvalue weighted by Crippen LogP contribution is 2.28. The Labute approximate surface area is 165 Å². The zero-order valence-corrected chi connectivity index (χ0v) is 17.5. The van der Waals surface area contributed by atoms with Crippen LogP contribution in [0.25, 0.3) is 0 Å². The fraction of sp³-hybridized carbons (Fsp3) is 0.579. The molecule has 0 spiro atoms. The van der Waals surface area contributed by atoms with E-state index in [0.717, 1.165) is 5.56 Å². The van der Waals surface area contributed by atoms with E-state index in [1.54, 1.807) is 26.3 Å². The van der Waals surface area contributed by atoms with E-state index in [1.165, 1.54) is 18.9 Å². The third kappa shape index (κ3) is 5.60. The van der Waals surface area contributed by atoms with Gasteiger partial charge in [-0.25, -0.2) is 8.42 Å². The van der Waals surface area contributed by atoms with Crippen LogP contribution in [0.5, 0.6) is 11.5 Å². The van der Waals surface area contributed by atoms with E-state index in [1.807, 2.05) is 6.07 Å². The maximum atomic E-state index is 12.4. The first-order valence-electron chi connectivity index (χ1n) is 9.04. The van der Waals surface area contributed by atoms with E-state index in [4.69, 9.17) is 14.2 Å². The quantitative estimate of drug-likeness (QED) is 0.591.